The molecule has 0 aromatic heterocycles. The number of benzene rings is 1. The average Bonchev–Trinajstić information content (AvgIpc) is 2.15. The fourth-order valence-corrected chi connectivity index (χ4v) is 1.34. The highest BCUT2D eigenvalue weighted by Gasteiger charge is 2.16. The molecule has 0 fully saturated rings. The molecular weight excluding hydrogens is 209 g/mol. The van der Waals surface area contributed by atoms with Crippen LogP contribution in [0.15, 0.2) is 18.2 Å². The summed E-state index contributed by atoms with van der Waals surface area (Å²) >= 11 is 5.44. The molecule has 1 aromatic carbocycles. The number of hydrogen-bond donors (Lipinski definition) is 0. The quantitative estimate of drug-likeness (QED) is 0.442. The minimum Gasteiger partial charge on any atom is -0.258 e. The van der Waals surface area contributed by atoms with Crippen molar-refractivity contribution in [2.45, 2.75) is 12.8 Å². The summed E-state index contributed by atoms with van der Waals surface area (Å²) in [7, 11) is 0. The van der Waals surface area contributed by atoms with Gasteiger partial charge in [-0.25, -0.2) is 4.39 Å². The van der Waals surface area contributed by atoms with E-state index in [0.717, 1.165) is 0 Å². The number of hydrogen-bond acceptors (Lipinski definition) is 2. The van der Waals surface area contributed by atoms with E-state index in [-0.39, 0.29) is 11.3 Å². The third-order valence-electron chi connectivity index (χ3n) is 1.85. The van der Waals surface area contributed by atoms with E-state index in [0.29, 0.717) is 18.7 Å². The van der Waals surface area contributed by atoms with Crippen LogP contribution in [-0.4, -0.2) is 10.8 Å². The van der Waals surface area contributed by atoms with Crippen LogP contribution in [0.1, 0.15) is 12.0 Å². The molecule has 0 unspecified atom stereocenters. The zero-order valence-electron chi connectivity index (χ0n) is 7.37. The van der Waals surface area contributed by atoms with Crippen LogP contribution in [0, 0.1) is 15.9 Å². The van der Waals surface area contributed by atoms with Crippen LogP contribution >= 0.6 is 11.6 Å². The molecule has 0 saturated carbocycles. The predicted octanol–water partition coefficient (Wildman–Crippen LogP) is 2.91. The summed E-state index contributed by atoms with van der Waals surface area (Å²) in [5, 5.41) is 10.5. The predicted molar refractivity (Wildman–Crippen MR) is 52.1 cm³/mol. The molecule has 0 aliphatic heterocycles. The van der Waals surface area contributed by atoms with Crippen LogP contribution in [-0.2, 0) is 6.42 Å². The summed E-state index contributed by atoms with van der Waals surface area (Å²) in [6.07, 6.45) is 0.829. The van der Waals surface area contributed by atoms with Gasteiger partial charge in [-0.2, -0.15) is 0 Å². The van der Waals surface area contributed by atoms with Crippen LogP contribution in [0.3, 0.4) is 0 Å². The van der Waals surface area contributed by atoms with Crippen molar-refractivity contribution in [2.24, 2.45) is 0 Å². The zero-order chi connectivity index (χ0) is 10.6. The van der Waals surface area contributed by atoms with Gasteiger partial charge in [-0.3, -0.25) is 10.1 Å². The number of halogens is 2. The lowest BCUT2D eigenvalue weighted by molar-refractivity contribution is -0.385. The molecule has 0 N–H and O–H groups in total. The summed E-state index contributed by atoms with van der Waals surface area (Å²) in [6.45, 7) is 0. The second kappa shape index (κ2) is 4.91. The van der Waals surface area contributed by atoms with Crippen molar-refractivity contribution in [1.29, 1.82) is 0 Å². The van der Waals surface area contributed by atoms with E-state index in [1.165, 1.54) is 18.2 Å². The Labute approximate surface area is 85.6 Å². The van der Waals surface area contributed by atoms with Crippen LogP contribution in [0.5, 0.6) is 0 Å². The fourth-order valence-electron chi connectivity index (χ4n) is 1.21. The highest BCUT2D eigenvalue weighted by molar-refractivity contribution is 6.17. The number of nitro groups is 1. The minimum atomic E-state index is -0.577. The van der Waals surface area contributed by atoms with E-state index in [4.69, 9.17) is 11.6 Å². The first-order valence-corrected chi connectivity index (χ1v) is 4.68. The Hall–Kier alpha value is -1.16. The SMILES string of the molecule is O=[N+]([O-])c1cccc(F)c1CCCCl. The summed E-state index contributed by atoms with van der Waals surface area (Å²) in [5.41, 5.74) is -0.0340. The van der Waals surface area contributed by atoms with Gasteiger partial charge in [0, 0.05) is 11.9 Å². The Balaban J connectivity index is 3.02. The van der Waals surface area contributed by atoms with Crippen molar-refractivity contribution in [3.05, 3.63) is 39.7 Å². The number of alkyl halides is 1. The van der Waals surface area contributed by atoms with Crippen LogP contribution in [0.25, 0.3) is 0 Å². The Morgan fingerprint density at radius 3 is 2.79 bits per heavy atom. The average molecular weight is 218 g/mol. The number of nitrogens with zero attached hydrogens (tertiary/aromatic N) is 1. The second-order valence-electron chi connectivity index (χ2n) is 2.79. The van der Waals surface area contributed by atoms with E-state index in [1.807, 2.05) is 0 Å². The van der Waals surface area contributed by atoms with Crippen molar-refractivity contribution in [3.8, 4) is 0 Å². The second-order valence-corrected chi connectivity index (χ2v) is 3.17. The Kier molecular flexibility index (Phi) is 3.83. The summed E-state index contributed by atoms with van der Waals surface area (Å²) in [6, 6.07) is 3.85. The van der Waals surface area contributed by atoms with Gasteiger partial charge >= 0.3 is 0 Å². The maximum Gasteiger partial charge on any atom is 0.275 e. The smallest absolute Gasteiger partial charge is 0.258 e. The maximum absolute atomic E-state index is 13.2. The van der Waals surface area contributed by atoms with E-state index < -0.39 is 10.7 Å². The monoisotopic (exact) mass is 217 g/mol. The lowest BCUT2D eigenvalue weighted by atomic mass is 10.1. The van der Waals surface area contributed by atoms with Gasteiger partial charge in [0.05, 0.1) is 10.5 Å². The maximum atomic E-state index is 13.2. The first-order valence-electron chi connectivity index (χ1n) is 4.14. The van der Waals surface area contributed by atoms with Gasteiger partial charge in [-0.15, -0.1) is 11.6 Å². The number of nitro benzene ring substituents is 1. The summed E-state index contributed by atoms with van der Waals surface area (Å²) in [4.78, 5) is 9.97. The van der Waals surface area contributed by atoms with Crippen LogP contribution < -0.4 is 0 Å². The van der Waals surface area contributed by atoms with E-state index in [2.05, 4.69) is 0 Å². The molecule has 14 heavy (non-hydrogen) atoms. The molecule has 0 bridgehead atoms. The molecule has 1 aromatic rings. The third kappa shape index (κ3) is 2.42. The van der Waals surface area contributed by atoms with E-state index in [1.54, 1.807) is 0 Å². The van der Waals surface area contributed by atoms with Crippen molar-refractivity contribution in [1.82, 2.24) is 0 Å². The first kappa shape index (κ1) is 10.9. The molecule has 76 valence electrons. The Morgan fingerprint density at radius 2 is 2.21 bits per heavy atom. The highest BCUT2D eigenvalue weighted by Crippen LogP contribution is 2.22. The molecule has 0 aliphatic carbocycles. The Morgan fingerprint density at radius 1 is 1.50 bits per heavy atom. The van der Waals surface area contributed by atoms with Gasteiger partial charge in [-0.1, -0.05) is 6.07 Å². The normalized spacial score (nSPS) is 10.1. The van der Waals surface area contributed by atoms with E-state index >= 15 is 0 Å². The molecule has 0 saturated heterocycles. The standard InChI is InChI=1S/C9H9ClFNO2/c10-6-2-3-7-8(11)4-1-5-9(7)12(13)14/h1,4-5H,2-3,6H2. The van der Waals surface area contributed by atoms with Gasteiger partial charge in [0.1, 0.15) is 5.82 Å². The molecular formula is C9H9ClFNO2. The van der Waals surface area contributed by atoms with Crippen molar-refractivity contribution in [3.63, 3.8) is 0 Å². The first-order chi connectivity index (χ1) is 6.66. The lowest BCUT2D eigenvalue weighted by Gasteiger charge is -2.02. The molecule has 0 radical (unpaired) electrons. The molecule has 5 heteroatoms. The third-order valence-corrected chi connectivity index (χ3v) is 2.12. The van der Waals surface area contributed by atoms with Gasteiger partial charge < -0.3 is 0 Å². The molecule has 0 heterocycles. The highest BCUT2D eigenvalue weighted by atomic mass is 35.5. The largest absolute Gasteiger partial charge is 0.275 e. The molecule has 1 rings (SSSR count). The minimum absolute atomic E-state index is 0.137. The van der Waals surface area contributed by atoms with Gasteiger partial charge in [-0.05, 0) is 18.9 Å². The van der Waals surface area contributed by atoms with Gasteiger partial charge in [0.25, 0.3) is 5.69 Å². The lowest BCUT2D eigenvalue weighted by Crippen LogP contribution is -1.99. The van der Waals surface area contributed by atoms with Gasteiger partial charge in [0.2, 0.25) is 0 Å². The van der Waals surface area contributed by atoms with Gasteiger partial charge in [0.15, 0.2) is 0 Å². The van der Waals surface area contributed by atoms with Crippen molar-refractivity contribution < 1.29 is 9.31 Å². The molecule has 0 atom stereocenters. The van der Waals surface area contributed by atoms with Crippen LogP contribution in [0.4, 0.5) is 10.1 Å². The molecule has 3 nitrogen and oxygen atoms in total. The van der Waals surface area contributed by atoms with E-state index in [9.17, 15) is 14.5 Å². The molecule has 0 amide bonds. The Bertz CT molecular complexity index is 344. The zero-order valence-corrected chi connectivity index (χ0v) is 8.13. The fraction of sp³-hybridized carbons (Fsp3) is 0.333. The molecule has 0 aliphatic rings. The van der Waals surface area contributed by atoms with Crippen LogP contribution in [0.2, 0.25) is 0 Å². The van der Waals surface area contributed by atoms with Crippen molar-refractivity contribution >= 4 is 17.3 Å². The summed E-state index contributed by atoms with van der Waals surface area (Å²) < 4.78 is 13.2. The molecule has 0 spiro atoms. The summed E-state index contributed by atoms with van der Waals surface area (Å²) in [5.74, 6) is -0.171. The topological polar surface area (TPSA) is 43.1 Å². The number of rotatable bonds is 4. The van der Waals surface area contributed by atoms with Crippen molar-refractivity contribution in [2.75, 3.05) is 5.88 Å².